The molecule has 2 aromatic rings. The van der Waals surface area contributed by atoms with E-state index in [0.717, 1.165) is 11.1 Å². The summed E-state index contributed by atoms with van der Waals surface area (Å²) in [7, 11) is 0. The first kappa shape index (κ1) is 14.5. The Kier molecular flexibility index (Phi) is 4.74. The topological polar surface area (TPSA) is 20.3 Å². The van der Waals surface area contributed by atoms with Gasteiger partial charge in [-0.25, -0.2) is 4.39 Å². The minimum atomic E-state index is -0.280. The van der Waals surface area contributed by atoms with Gasteiger partial charge in [-0.2, -0.15) is 0 Å². The maximum absolute atomic E-state index is 12.9. The van der Waals surface area contributed by atoms with E-state index in [0.29, 0.717) is 18.1 Å². The normalized spacial score (nSPS) is 10.3. The van der Waals surface area contributed by atoms with Gasteiger partial charge >= 0.3 is 0 Å². The van der Waals surface area contributed by atoms with Crippen LogP contribution in [-0.4, -0.2) is 10.8 Å². The molecule has 0 aliphatic heterocycles. The van der Waals surface area contributed by atoms with Crippen LogP contribution in [0.15, 0.2) is 48.5 Å². The summed E-state index contributed by atoms with van der Waals surface area (Å²) in [5.74, 6) is -0.313. The average molecular weight is 292 g/mol. The number of benzene rings is 2. The number of amides is 1. The summed E-state index contributed by atoms with van der Waals surface area (Å²) < 4.78 is 12.9. The Labute approximate surface area is 122 Å². The second kappa shape index (κ2) is 6.53. The fourth-order valence-corrected chi connectivity index (χ4v) is 2.16. The van der Waals surface area contributed by atoms with Gasteiger partial charge in [0.25, 0.3) is 0 Å². The molecule has 0 unspecified atom stereocenters. The predicted octanol–water partition coefficient (Wildman–Crippen LogP) is 4.03. The largest absolute Gasteiger partial charge is 0.334 e. The fourth-order valence-electron chi connectivity index (χ4n) is 1.94. The number of rotatable bonds is 4. The molecule has 0 heterocycles. The lowest BCUT2D eigenvalue weighted by molar-refractivity contribution is -0.130. The molecule has 0 saturated heterocycles. The van der Waals surface area contributed by atoms with Gasteiger partial charge in [0.1, 0.15) is 5.82 Å². The lowest BCUT2D eigenvalue weighted by atomic mass is 10.1. The van der Waals surface area contributed by atoms with Crippen molar-refractivity contribution in [2.45, 2.75) is 20.0 Å². The summed E-state index contributed by atoms with van der Waals surface area (Å²) >= 11 is 5.94. The molecular weight excluding hydrogens is 277 g/mol. The van der Waals surface area contributed by atoms with Crippen LogP contribution in [0.2, 0.25) is 5.02 Å². The van der Waals surface area contributed by atoms with Crippen LogP contribution in [0.5, 0.6) is 0 Å². The zero-order valence-corrected chi connectivity index (χ0v) is 11.9. The number of halogens is 2. The lowest BCUT2D eigenvalue weighted by Gasteiger charge is -2.21. The molecule has 0 fully saturated rings. The van der Waals surface area contributed by atoms with Crippen LogP contribution in [0.3, 0.4) is 0 Å². The van der Waals surface area contributed by atoms with E-state index in [4.69, 9.17) is 11.6 Å². The summed E-state index contributed by atoms with van der Waals surface area (Å²) in [6, 6.07) is 13.6. The van der Waals surface area contributed by atoms with Crippen molar-refractivity contribution in [2.75, 3.05) is 0 Å². The molecule has 0 aliphatic carbocycles. The number of carbonyl (C=O) groups excluding carboxylic acids is 1. The Morgan fingerprint density at radius 1 is 1.10 bits per heavy atom. The van der Waals surface area contributed by atoms with Gasteiger partial charge in [0.15, 0.2) is 0 Å². The maximum Gasteiger partial charge on any atom is 0.220 e. The number of nitrogens with zero attached hydrogens (tertiary/aromatic N) is 1. The molecule has 0 aromatic heterocycles. The van der Waals surface area contributed by atoms with Gasteiger partial charge in [-0.1, -0.05) is 35.9 Å². The molecule has 2 nitrogen and oxygen atoms in total. The highest BCUT2D eigenvalue weighted by molar-refractivity contribution is 6.30. The predicted molar refractivity (Wildman–Crippen MR) is 77.8 cm³/mol. The Balaban J connectivity index is 2.11. The molecule has 2 aromatic carbocycles. The Morgan fingerprint density at radius 2 is 1.75 bits per heavy atom. The van der Waals surface area contributed by atoms with Crippen molar-refractivity contribution in [3.05, 3.63) is 70.5 Å². The third-order valence-corrected chi connectivity index (χ3v) is 3.23. The molecule has 0 radical (unpaired) electrons. The van der Waals surface area contributed by atoms with Crippen LogP contribution < -0.4 is 0 Å². The maximum atomic E-state index is 12.9. The average Bonchev–Trinajstić information content (AvgIpc) is 2.40. The summed E-state index contributed by atoms with van der Waals surface area (Å²) in [5.41, 5.74) is 1.86. The smallest absolute Gasteiger partial charge is 0.220 e. The highest BCUT2D eigenvalue weighted by Crippen LogP contribution is 2.15. The second-order valence-electron chi connectivity index (χ2n) is 4.63. The van der Waals surface area contributed by atoms with E-state index in [1.807, 2.05) is 18.2 Å². The first-order valence-electron chi connectivity index (χ1n) is 6.29. The number of hydrogen-bond acceptors (Lipinski definition) is 1. The first-order chi connectivity index (χ1) is 9.54. The summed E-state index contributed by atoms with van der Waals surface area (Å²) in [5, 5.41) is 0.646. The highest BCUT2D eigenvalue weighted by Gasteiger charge is 2.10. The monoisotopic (exact) mass is 291 g/mol. The Bertz CT molecular complexity index is 598. The van der Waals surface area contributed by atoms with E-state index < -0.39 is 0 Å². The zero-order chi connectivity index (χ0) is 14.5. The van der Waals surface area contributed by atoms with Gasteiger partial charge in [0.05, 0.1) is 0 Å². The zero-order valence-electron chi connectivity index (χ0n) is 11.1. The summed E-state index contributed by atoms with van der Waals surface area (Å²) in [6.45, 7) is 2.45. The summed E-state index contributed by atoms with van der Waals surface area (Å²) in [4.78, 5) is 13.4. The minimum absolute atomic E-state index is 0.0331. The molecule has 0 atom stereocenters. The fraction of sp³-hybridized carbons (Fsp3) is 0.188. The SMILES string of the molecule is CC(=O)N(Cc1ccc(F)cc1)Cc1cccc(Cl)c1. The van der Waals surface area contributed by atoms with E-state index in [9.17, 15) is 9.18 Å². The molecule has 0 saturated carbocycles. The van der Waals surface area contributed by atoms with Crippen LogP contribution in [0.1, 0.15) is 18.1 Å². The van der Waals surface area contributed by atoms with E-state index in [2.05, 4.69) is 0 Å². The van der Waals surface area contributed by atoms with Gasteiger partial charge in [-0.15, -0.1) is 0 Å². The number of hydrogen-bond donors (Lipinski definition) is 0. The molecule has 4 heteroatoms. The van der Waals surface area contributed by atoms with Gasteiger partial charge in [0, 0.05) is 25.0 Å². The highest BCUT2D eigenvalue weighted by atomic mass is 35.5. The van der Waals surface area contributed by atoms with Crippen LogP contribution >= 0.6 is 11.6 Å². The molecule has 1 amide bonds. The van der Waals surface area contributed by atoms with Crippen molar-refractivity contribution in [3.8, 4) is 0 Å². The molecule has 104 valence electrons. The third kappa shape index (κ3) is 4.07. The van der Waals surface area contributed by atoms with E-state index in [1.165, 1.54) is 19.1 Å². The van der Waals surface area contributed by atoms with Crippen molar-refractivity contribution in [3.63, 3.8) is 0 Å². The first-order valence-corrected chi connectivity index (χ1v) is 6.67. The van der Waals surface area contributed by atoms with Crippen molar-refractivity contribution in [2.24, 2.45) is 0 Å². The van der Waals surface area contributed by atoms with Crippen LogP contribution in [-0.2, 0) is 17.9 Å². The number of carbonyl (C=O) groups is 1. The third-order valence-electron chi connectivity index (χ3n) is 2.99. The van der Waals surface area contributed by atoms with E-state index in [-0.39, 0.29) is 11.7 Å². The second-order valence-corrected chi connectivity index (χ2v) is 5.07. The molecule has 2 rings (SSSR count). The van der Waals surface area contributed by atoms with Crippen LogP contribution in [0.4, 0.5) is 4.39 Å². The van der Waals surface area contributed by atoms with Gasteiger partial charge in [-0.05, 0) is 35.4 Å². The molecule has 0 N–H and O–H groups in total. The standard InChI is InChI=1S/C16H15ClFNO/c1-12(20)19(10-13-5-7-16(18)8-6-13)11-14-3-2-4-15(17)9-14/h2-9H,10-11H2,1H3. The molecule has 20 heavy (non-hydrogen) atoms. The van der Waals surface area contributed by atoms with Crippen LogP contribution in [0, 0.1) is 5.82 Å². The minimum Gasteiger partial charge on any atom is -0.334 e. The molecule has 0 bridgehead atoms. The van der Waals surface area contributed by atoms with Crippen molar-refractivity contribution in [1.29, 1.82) is 0 Å². The Morgan fingerprint density at radius 3 is 2.35 bits per heavy atom. The van der Waals surface area contributed by atoms with Crippen LogP contribution in [0.25, 0.3) is 0 Å². The molecular formula is C16H15ClFNO. The molecule has 0 spiro atoms. The van der Waals surface area contributed by atoms with Gasteiger partial charge in [-0.3, -0.25) is 4.79 Å². The lowest BCUT2D eigenvalue weighted by Crippen LogP contribution is -2.27. The van der Waals surface area contributed by atoms with Gasteiger partial charge < -0.3 is 4.90 Å². The Hall–Kier alpha value is -1.87. The van der Waals surface area contributed by atoms with Crippen molar-refractivity contribution >= 4 is 17.5 Å². The van der Waals surface area contributed by atoms with Crippen molar-refractivity contribution < 1.29 is 9.18 Å². The summed E-state index contributed by atoms with van der Waals surface area (Å²) in [6.07, 6.45) is 0. The van der Waals surface area contributed by atoms with Crippen molar-refractivity contribution in [1.82, 2.24) is 4.90 Å². The van der Waals surface area contributed by atoms with E-state index in [1.54, 1.807) is 23.1 Å². The van der Waals surface area contributed by atoms with Gasteiger partial charge in [0.2, 0.25) is 5.91 Å². The van der Waals surface area contributed by atoms with E-state index >= 15 is 0 Å². The quantitative estimate of drug-likeness (QED) is 0.833. The molecule has 0 aliphatic rings.